The van der Waals surface area contributed by atoms with Gasteiger partial charge in [0.15, 0.2) is 11.5 Å². The van der Waals surface area contributed by atoms with E-state index in [1.54, 1.807) is 0 Å². The highest BCUT2D eigenvalue weighted by Crippen LogP contribution is 2.32. The SMILES string of the molecule is O=C(NCc1ccc2c(c1)OCO2)[C@@H]1C[C@H](CN2CCCC2)CN(CCc2ccccc2)C1. The van der Waals surface area contributed by atoms with Crippen LogP contribution in [0.2, 0.25) is 0 Å². The van der Waals surface area contributed by atoms with E-state index in [1.165, 1.54) is 31.5 Å². The molecule has 0 bridgehead atoms. The molecule has 1 N–H and O–H groups in total. The van der Waals surface area contributed by atoms with Gasteiger partial charge in [-0.3, -0.25) is 4.79 Å². The Labute approximate surface area is 196 Å². The number of benzene rings is 2. The monoisotopic (exact) mass is 449 g/mol. The maximum Gasteiger partial charge on any atom is 0.231 e. The van der Waals surface area contributed by atoms with Crippen molar-refractivity contribution in [1.29, 1.82) is 0 Å². The Morgan fingerprint density at radius 1 is 0.939 bits per heavy atom. The Kier molecular flexibility index (Phi) is 7.12. The van der Waals surface area contributed by atoms with Crippen molar-refractivity contribution in [3.63, 3.8) is 0 Å². The first kappa shape index (κ1) is 22.2. The van der Waals surface area contributed by atoms with E-state index in [0.29, 0.717) is 12.5 Å². The first-order valence-corrected chi connectivity index (χ1v) is 12.4. The maximum absolute atomic E-state index is 13.2. The lowest BCUT2D eigenvalue weighted by molar-refractivity contribution is -0.127. The van der Waals surface area contributed by atoms with Crippen molar-refractivity contribution < 1.29 is 14.3 Å². The minimum absolute atomic E-state index is 0.0381. The molecule has 0 unspecified atom stereocenters. The van der Waals surface area contributed by atoms with E-state index in [1.807, 2.05) is 18.2 Å². The molecule has 176 valence electrons. The molecule has 0 saturated carbocycles. The van der Waals surface area contributed by atoms with Crippen molar-refractivity contribution in [2.24, 2.45) is 11.8 Å². The second kappa shape index (κ2) is 10.6. The van der Waals surface area contributed by atoms with Gasteiger partial charge < -0.3 is 24.6 Å². The third kappa shape index (κ3) is 5.87. The number of amides is 1. The molecular formula is C27H35N3O3. The fourth-order valence-electron chi connectivity index (χ4n) is 5.45. The van der Waals surface area contributed by atoms with Crippen LogP contribution in [0.4, 0.5) is 0 Å². The normalized spacial score (nSPS) is 23.0. The Hall–Kier alpha value is -2.57. The van der Waals surface area contributed by atoms with Gasteiger partial charge in [-0.2, -0.15) is 0 Å². The number of nitrogens with zero attached hydrogens (tertiary/aromatic N) is 2. The van der Waals surface area contributed by atoms with Gasteiger partial charge in [-0.05, 0) is 68.0 Å². The van der Waals surface area contributed by atoms with Crippen LogP contribution in [0.25, 0.3) is 0 Å². The minimum atomic E-state index is 0.0381. The number of likely N-dealkylation sites (tertiary alicyclic amines) is 2. The summed E-state index contributed by atoms with van der Waals surface area (Å²) in [6, 6.07) is 16.5. The van der Waals surface area contributed by atoms with Gasteiger partial charge in [0.1, 0.15) is 0 Å². The second-order valence-electron chi connectivity index (χ2n) is 9.71. The van der Waals surface area contributed by atoms with Gasteiger partial charge >= 0.3 is 0 Å². The number of rotatable bonds is 8. The van der Waals surface area contributed by atoms with E-state index >= 15 is 0 Å². The lowest BCUT2D eigenvalue weighted by atomic mass is 9.87. The predicted octanol–water partition coefficient (Wildman–Crippen LogP) is 3.31. The van der Waals surface area contributed by atoms with E-state index in [0.717, 1.165) is 56.1 Å². The molecule has 2 aromatic rings. The van der Waals surface area contributed by atoms with Gasteiger partial charge in [0.05, 0.1) is 5.92 Å². The molecule has 3 aliphatic rings. The van der Waals surface area contributed by atoms with Crippen molar-refractivity contribution >= 4 is 5.91 Å². The van der Waals surface area contributed by atoms with E-state index in [-0.39, 0.29) is 18.6 Å². The quantitative estimate of drug-likeness (QED) is 0.670. The number of carbonyl (C=O) groups excluding carboxylic acids is 1. The van der Waals surface area contributed by atoms with Crippen LogP contribution in [0.15, 0.2) is 48.5 Å². The molecule has 3 aliphatic heterocycles. The lowest BCUT2D eigenvalue weighted by Crippen LogP contribution is -2.49. The molecule has 6 nitrogen and oxygen atoms in total. The number of piperidine rings is 1. The first-order chi connectivity index (χ1) is 16.2. The summed E-state index contributed by atoms with van der Waals surface area (Å²) in [5.74, 6) is 2.29. The highest BCUT2D eigenvalue weighted by molar-refractivity contribution is 5.79. The van der Waals surface area contributed by atoms with Crippen LogP contribution in [0.3, 0.4) is 0 Å². The van der Waals surface area contributed by atoms with Crippen molar-refractivity contribution in [2.75, 3.05) is 46.1 Å². The largest absolute Gasteiger partial charge is 0.454 e. The average Bonchev–Trinajstić information content (AvgIpc) is 3.53. The van der Waals surface area contributed by atoms with E-state index in [9.17, 15) is 4.79 Å². The highest BCUT2D eigenvalue weighted by Gasteiger charge is 2.32. The second-order valence-corrected chi connectivity index (χ2v) is 9.71. The first-order valence-electron chi connectivity index (χ1n) is 12.4. The Balaban J connectivity index is 1.19. The highest BCUT2D eigenvalue weighted by atomic mass is 16.7. The van der Waals surface area contributed by atoms with Crippen molar-refractivity contribution in [3.05, 3.63) is 59.7 Å². The van der Waals surface area contributed by atoms with Crippen LogP contribution in [0, 0.1) is 11.8 Å². The molecule has 0 aliphatic carbocycles. The molecule has 2 fully saturated rings. The Morgan fingerprint density at radius 2 is 1.76 bits per heavy atom. The summed E-state index contributed by atoms with van der Waals surface area (Å²) in [5, 5.41) is 3.19. The molecule has 0 spiro atoms. The molecule has 0 radical (unpaired) electrons. The summed E-state index contributed by atoms with van der Waals surface area (Å²) in [6.45, 7) is 7.27. The third-order valence-electron chi connectivity index (χ3n) is 7.16. The van der Waals surface area contributed by atoms with Gasteiger partial charge in [-0.1, -0.05) is 36.4 Å². The molecule has 0 aromatic heterocycles. The average molecular weight is 450 g/mol. The molecule has 2 aromatic carbocycles. The summed E-state index contributed by atoms with van der Waals surface area (Å²) in [6.07, 6.45) is 4.63. The number of fused-ring (bicyclic) bond motifs is 1. The van der Waals surface area contributed by atoms with Gasteiger partial charge in [-0.15, -0.1) is 0 Å². The molecule has 2 saturated heterocycles. The van der Waals surface area contributed by atoms with Gasteiger partial charge in [-0.25, -0.2) is 0 Å². The topological polar surface area (TPSA) is 54.0 Å². The van der Waals surface area contributed by atoms with Crippen molar-refractivity contribution in [1.82, 2.24) is 15.1 Å². The summed E-state index contributed by atoms with van der Waals surface area (Å²) in [4.78, 5) is 18.3. The number of ether oxygens (including phenoxy) is 2. The van der Waals surface area contributed by atoms with Crippen LogP contribution >= 0.6 is 0 Å². The van der Waals surface area contributed by atoms with E-state index < -0.39 is 0 Å². The van der Waals surface area contributed by atoms with Crippen LogP contribution in [0.5, 0.6) is 11.5 Å². The van der Waals surface area contributed by atoms with Gasteiger partial charge in [0, 0.05) is 32.7 Å². The molecule has 3 heterocycles. The number of nitrogens with one attached hydrogen (secondary N) is 1. The molecule has 6 heteroatoms. The summed E-state index contributed by atoms with van der Waals surface area (Å²) in [5.41, 5.74) is 2.40. The zero-order chi connectivity index (χ0) is 22.5. The lowest BCUT2D eigenvalue weighted by Gasteiger charge is -2.38. The maximum atomic E-state index is 13.2. The minimum Gasteiger partial charge on any atom is -0.454 e. The third-order valence-corrected chi connectivity index (χ3v) is 7.16. The standard InChI is InChI=1S/C27H35N3O3/c31-27(28-16-22-8-9-25-26(15-22)33-20-32-25)24-14-23(17-29-11-4-5-12-29)18-30(19-24)13-10-21-6-2-1-3-7-21/h1-3,6-9,15,23-24H,4-5,10-14,16-20H2,(H,28,31)/t23-,24-/m1/s1. The van der Waals surface area contributed by atoms with Crippen LogP contribution < -0.4 is 14.8 Å². The molecule has 5 rings (SSSR count). The number of carbonyl (C=O) groups is 1. The van der Waals surface area contributed by atoms with Crippen molar-refractivity contribution in [2.45, 2.75) is 32.2 Å². The number of hydrogen-bond acceptors (Lipinski definition) is 5. The zero-order valence-electron chi connectivity index (χ0n) is 19.4. The smallest absolute Gasteiger partial charge is 0.231 e. The number of hydrogen-bond donors (Lipinski definition) is 1. The van der Waals surface area contributed by atoms with Gasteiger partial charge in [0.2, 0.25) is 12.7 Å². The zero-order valence-corrected chi connectivity index (χ0v) is 19.4. The summed E-state index contributed by atoms with van der Waals surface area (Å²) in [7, 11) is 0. The van der Waals surface area contributed by atoms with E-state index in [2.05, 4.69) is 45.4 Å². The predicted molar refractivity (Wildman–Crippen MR) is 128 cm³/mol. The van der Waals surface area contributed by atoms with Crippen LogP contribution in [0.1, 0.15) is 30.4 Å². The summed E-state index contributed by atoms with van der Waals surface area (Å²) < 4.78 is 10.9. The van der Waals surface area contributed by atoms with Crippen molar-refractivity contribution in [3.8, 4) is 11.5 Å². The Bertz CT molecular complexity index is 929. The Morgan fingerprint density at radius 3 is 2.61 bits per heavy atom. The fraction of sp³-hybridized carbons (Fsp3) is 0.519. The van der Waals surface area contributed by atoms with Crippen LogP contribution in [-0.4, -0.2) is 61.8 Å². The van der Waals surface area contributed by atoms with E-state index in [4.69, 9.17) is 9.47 Å². The molecule has 1 amide bonds. The van der Waals surface area contributed by atoms with Crippen LogP contribution in [-0.2, 0) is 17.8 Å². The molecule has 2 atom stereocenters. The molecular weight excluding hydrogens is 414 g/mol. The summed E-state index contributed by atoms with van der Waals surface area (Å²) >= 11 is 0. The fourth-order valence-corrected chi connectivity index (χ4v) is 5.45. The van der Waals surface area contributed by atoms with Gasteiger partial charge in [0.25, 0.3) is 0 Å². The molecule has 33 heavy (non-hydrogen) atoms.